The van der Waals surface area contributed by atoms with Gasteiger partial charge in [0, 0.05) is 0 Å². The molecule has 2 atom stereocenters. The van der Waals surface area contributed by atoms with E-state index in [1.54, 1.807) is 0 Å². The number of piperidine rings is 1. The maximum atomic E-state index is 10.8. The summed E-state index contributed by atoms with van der Waals surface area (Å²) in [6.07, 6.45) is 1.11. The quantitative estimate of drug-likeness (QED) is 0.339. The van der Waals surface area contributed by atoms with Crippen LogP contribution >= 0.6 is 0 Å². The van der Waals surface area contributed by atoms with Crippen molar-refractivity contribution in [3.8, 4) is 0 Å². The summed E-state index contributed by atoms with van der Waals surface area (Å²) >= 11 is 0. The number of hydrogen-bond acceptors (Lipinski definition) is 2. The normalized spacial score (nSPS) is 32.2. The zero-order chi connectivity index (χ0) is 9.14. The van der Waals surface area contributed by atoms with E-state index in [0.29, 0.717) is 24.9 Å². The molecule has 0 aliphatic carbocycles. The predicted molar refractivity (Wildman–Crippen MR) is 41.3 cm³/mol. The van der Waals surface area contributed by atoms with Gasteiger partial charge >= 0.3 is 0 Å². The highest BCUT2D eigenvalue weighted by molar-refractivity contribution is 4.69. The van der Waals surface area contributed by atoms with Gasteiger partial charge in [-0.2, -0.15) is 0 Å². The second-order valence-electron chi connectivity index (χ2n) is 3.65. The van der Waals surface area contributed by atoms with Crippen LogP contribution in [0, 0.1) is 17.0 Å². The van der Waals surface area contributed by atoms with Crippen LogP contribution in [0.4, 0.5) is 0 Å². The maximum Gasteiger partial charge on any atom is 0.280 e. The average molecular weight is 172 g/mol. The zero-order valence-corrected chi connectivity index (χ0v) is 7.43. The fourth-order valence-electron chi connectivity index (χ4n) is 1.82. The van der Waals surface area contributed by atoms with Crippen LogP contribution in [0.1, 0.15) is 20.3 Å². The Bertz CT molecular complexity index is 173. The molecule has 12 heavy (non-hydrogen) atoms. The minimum Gasteiger partial charge on any atom is -0.569 e. The van der Waals surface area contributed by atoms with Crippen molar-refractivity contribution in [3.63, 3.8) is 0 Å². The van der Waals surface area contributed by atoms with E-state index in [0.717, 1.165) is 6.42 Å². The molecule has 0 N–H and O–H groups in total. The lowest BCUT2D eigenvalue weighted by molar-refractivity contribution is -0.717. The maximum absolute atomic E-state index is 10.8. The molecule has 5 heteroatoms. The van der Waals surface area contributed by atoms with E-state index in [4.69, 9.17) is 0 Å². The molecule has 0 bridgehead atoms. The topological polar surface area (TPSA) is 61.6 Å². The van der Waals surface area contributed by atoms with E-state index >= 15 is 0 Å². The monoisotopic (exact) mass is 172 g/mol. The lowest BCUT2D eigenvalue weighted by atomic mass is 9.93. The average Bonchev–Trinajstić information content (AvgIpc) is 2.01. The van der Waals surface area contributed by atoms with Crippen LogP contribution in [0.25, 0.3) is 0 Å². The fraction of sp³-hybridized carbons (Fsp3) is 1.00. The zero-order valence-electron chi connectivity index (χ0n) is 7.43. The molecule has 1 radical (unpaired) electrons. The standard InChI is InChI=1S/C7H14N3O2/c1-6-3-7(2)5-9(4-6)10(12)8-11/h6-7H,3-5H2,1-2H3/b10-8-. The predicted octanol–water partition coefficient (Wildman–Crippen LogP) is 1.19. The van der Waals surface area contributed by atoms with Gasteiger partial charge in [0.15, 0.2) is 0 Å². The number of hydrazine groups is 1. The van der Waals surface area contributed by atoms with Crippen LogP contribution in [0.5, 0.6) is 0 Å². The molecule has 1 aliphatic heterocycles. The molecule has 1 saturated heterocycles. The molecule has 69 valence electrons. The Kier molecular flexibility index (Phi) is 2.73. The lowest BCUT2D eigenvalue weighted by Gasteiger charge is -2.30. The summed E-state index contributed by atoms with van der Waals surface area (Å²) in [6, 6.07) is 0. The third-order valence-electron chi connectivity index (χ3n) is 2.16. The highest BCUT2D eigenvalue weighted by Crippen LogP contribution is 2.20. The number of nitrogens with zero attached hydrogens (tertiary/aromatic N) is 3. The van der Waals surface area contributed by atoms with Crippen molar-refractivity contribution in [1.29, 1.82) is 0 Å². The van der Waals surface area contributed by atoms with Crippen LogP contribution in [0.2, 0.25) is 0 Å². The largest absolute Gasteiger partial charge is 0.569 e. The molecule has 5 nitrogen and oxygen atoms in total. The first-order valence-corrected chi connectivity index (χ1v) is 4.19. The number of rotatable bonds is 1. The SMILES string of the molecule is CC1CC(C)CN(/[N+]([O-])=N/[O])C1. The van der Waals surface area contributed by atoms with Crippen molar-refractivity contribution in [2.75, 3.05) is 13.1 Å². The Morgan fingerprint density at radius 1 is 1.42 bits per heavy atom. The molecular weight excluding hydrogens is 158 g/mol. The van der Waals surface area contributed by atoms with Gasteiger partial charge in [-0.1, -0.05) is 19.1 Å². The molecule has 0 aromatic rings. The molecule has 0 spiro atoms. The first-order valence-electron chi connectivity index (χ1n) is 4.19. The van der Waals surface area contributed by atoms with Gasteiger partial charge in [-0.05, 0) is 18.3 Å². The van der Waals surface area contributed by atoms with Crippen molar-refractivity contribution in [3.05, 3.63) is 5.21 Å². The molecule has 1 fully saturated rings. The molecule has 1 rings (SSSR count). The second-order valence-corrected chi connectivity index (χ2v) is 3.65. The van der Waals surface area contributed by atoms with Gasteiger partial charge < -0.3 is 5.21 Å². The van der Waals surface area contributed by atoms with Crippen LogP contribution in [-0.4, -0.2) is 23.1 Å². The van der Waals surface area contributed by atoms with Crippen molar-refractivity contribution in [2.24, 2.45) is 17.1 Å². The summed E-state index contributed by atoms with van der Waals surface area (Å²) in [5.74, 6) is 0.930. The summed E-state index contributed by atoms with van der Waals surface area (Å²) < 4.78 is 0. The highest BCUT2D eigenvalue weighted by Gasteiger charge is 2.26. The van der Waals surface area contributed by atoms with Crippen LogP contribution < -0.4 is 0 Å². The summed E-state index contributed by atoms with van der Waals surface area (Å²) in [5.41, 5.74) is 0. The van der Waals surface area contributed by atoms with E-state index in [1.807, 2.05) is 0 Å². The molecular formula is C7H14N3O2. The van der Waals surface area contributed by atoms with E-state index in [2.05, 4.69) is 19.1 Å². The van der Waals surface area contributed by atoms with Crippen LogP contribution in [-0.2, 0) is 5.21 Å². The van der Waals surface area contributed by atoms with E-state index < -0.39 is 0 Å². The van der Waals surface area contributed by atoms with Crippen molar-refractivity contribution >= 4 is 0 Å². The van der Waals surface area contributed by atoms with Crippen molar-refractivity contribution in [1.82, 2.24) is 5.01 Å². The van der Waals surface area contributed by atoms with Crippen LogP contribution in [0.3, 0.4) is 0 Å². The Labute approximate surface area is 71.8 Å². The first-order chi connectivity index (χ1) is 5.63. The van der Waals surface area contributed by atoms with Gasteiger partial charge in [0.2, 0.25) is 0 Å². The molecule has 1 heterocycles. The Balaban J connectivity index is 2.55. The van der Waals surface area contributed by atoms with Crippen molar-refractivity contribution < 1.29 is 10.2 Å². The van der Waals surface area contributed by atoms with E-state index in [1.165, 1.54) is 5.01 Å². The Morgan fingerprint density at radius 3 is 2.33 bits per heavy atom. The van der Waals surface area contributed by atoms with E-state index in [-0.39, 0.29) is 4.97 Å². The van der Waals surface area contributed by atoms with E-state index in [9.17, 15) is 10.4 Å². The second kappa shape index (κ2) is 3.60. The van der Waals surface area contributed by atoms with Gasteiger partial charge in [-0.25, -0.2) is 0 Å². The van der Waals surface area contributed by atoms with Gasteiger partial charge in [-0.3, -0.25) is 0 Å². The van der Waals surface area contributed by atoms with Gasteiger partial charge in [0.05, 0.1) is 18.1 Å². The Hall–Kier alpha value is -1.00. The third kappa shape index (κ3) is 1.99. The molecule has 1 aliphatic rings. The van der Waals surface area contributed by atoms with Crippen LogP contribution in [0.15, 0.2) is 5.28 Å². The first kappa shape index (κ1) is 9.09. The third-order valence-corrected chi connectivity index (χ3v) is 2.16. The lowest BCUT2D eigenvalue weighted by Crippen LogP contribution is -2.42. The minimum absolute atomic E-state index is 0.159. The molecule has 0 aromatic heterocycles. The van der Waals surface area contributed by atoms with Gasteiger partial charge in [0.25, 0.3) is 5.28 Å². The molecule has 0 aromatic carbocycles. The molecule has 2 unspecified atom stereocenters. The van der Waals surface area contributed by atoms with Crippen molar-refractivity contribution in [2.45, 2.75) is 20.3 Å². The summed E-state index contributed by atoms with van der Waals surface area (Å²) in [5, 5.41) is 24.5. The highest BCUT2D eigenvalue weighted by atomic mass is 16.6. The molecule has 0 saturated carbocycles. The summed E-state index contributed by atoms with van der Waals surface area (Å²) in [6.45, 7) is 5.42. The summed E-state index contributed by atoms with van der Waals surface area (Å²) in [4.78, 5) is 0.159. The smallest absolute Gasteiger partial charge is 0.280 e. The number of hydrogen-bond donors (Lipinski definition) is 0. The molecule has 0 amide bonds. The Morgan fingerprint density at radius 2 is 1.92 bits per heavy atom. The van der Waals surface area contributed by atoms with Gasteiger partial charge in [-0.15, -0.1) is 5.01 Å². The fourth-order valence-corrected chi connectivity index (χ4v) is 1.82. The summed E-state index contributed by atoms with van der Waals surface area (Å²) in [7, 11) is 0. The van der Waals surface area contributed by atoms with Gasteiger partial charge in [0.1, 0.15) is 0 Å². The minimum atomic E-state index is 0.159.